The minimum Gasteiger partial charge on any atom is -0.342 e. The molecule has 5 heteroatoms. The standard InChI is InChI=1S/C25H35Cl2N3/c1-2-3-4-5-6-7-8-9-10-13-18-29-20-30(25(27)24(29)26)19-22-17-16-21-14-11-12-15-23(21)28-22/h11-12,14-17H,2-10,13,18-20H2,1H3. The molecule has 0 saturated heterocycles. The second kappa shape index (κ2) is 12.4. The molecule has 0 radical (unpaired) electrons. The maximum atomic E-state index is 6.53. The zero-order chi connectivity index (χ0) is 21.2. The predicted octanol–water partition coefficient (Wildman–Crippen LogP) is 7.84. The summed E-state index contributed by atoms with van der Waals surface area (Å²) in [6, 6.07) is 12.4. The number of hydrogen-bond acceptors (Lipinski definition) is 3. The van der Waals surface area contributed by atoms with Crippen LogP contribution in [0.2, 0.25) is 0 Å². The number of pyridine rings is 1. The summed E-state index contributed by atoms with van der Waals surface area (Å²) >= 11 is 13.0. The lowest BCUT2D eigenvalue weighted by molar-refractivity contribution is 0.247. The van der Waals surface area contributed by atoms with E-state index in [2.05, 4.69) is 34.9 Å². The van der Waals surface area contributed by atoms with Crippen molar-refractivity contribution in [2.24, 2.45) is 0 Å². The van der Waals surface area contributed by atoms with Gasteiger partial charge in [-0.2, -0.15) is 0 Å². The summed E-state index contributed by atoms with van der Waals surface area (Å²) in [5, 5.41) is 2.47. The molecule has 2 heterocycles. The van der Waals surface area contributed by atoms with Gasteiger partial charge in [-0.1, -0.05) is 112 Å². The molecule has 164 valence electrons. The van der Waals surface area contributed by atoms with E-state index in [4.69, 9.17) is 28.2 Å². The average Bonchev–Trinajstić information content (AvgIpc) is 3.03. The summed E-state index contributed by atoms with van der Waals surface area (Å²) in [4.78, 5) is 9.06. The molecule has 0 bridgehead atoms. The number of benzene rings is 1. The topological polar surface area (TPSA) is 19.4 Å². The molecule has 1 aliphatic rings. The lowest BCUT2D eigenvalue weighted by Gasteiger charge is -2.22. The number of fused-ring (bicyclic) bond motifs is 1. The van der Waals surface area contributed by atoms with Gasteiger partial charge in [-0.15, -0.1) is 0 Å². The van der Waals surface area contributed by atoms with Crippen LogP contribution >= 0.6 is 23.2 Å². The Hall–Kier alpha value is -1.45. The molecule has 1 aromatic heterocycles. The number of hydrogen-bond donors (Lipinski definition) is 0. The zero-order valence-corrected chi connectivity index (χ0v) is 19.8. The van der Waals surface area contributed by atoms with Crippen LogP contribution in [-0.4, -0.2) is 28.0 Å². The molecule has 0 aliphatic carbocycles. The van der Waals surface area contributed by atoms with E-state index in [0.29, 0.717) is 16.9 Å². The summed E-state index contributed by atoms with van der Waals surface area (Å²) < 4.78 is 0. The molecule has 0 atom stereocenters. The lowest BCUT2D eigenvalue weighted by Crippen LogP contribution is -2.27. The first-order valence-corrected chi connectivity index (χ1v) is 12.3. The highest BCUT2D eigenvalue weighted by Gasteiger charge is 2.26. The molecule has 0 unspecified atom stereocenters. The number of halogens is 2. The van der Waals surface area contributed by atoms with Gasteiger partial charge in [-0.05, 0) is 18.6 Å². The Morgan fingerprint density at radius 2 is 1.40 bits per heavy atom. The van der Waals surface area contributed by atoms with E-state index in [-0.39, 0.29) is 0 Å². The van der Waals surface area contributed by atoms with Gasteiger partial charge in [-0.3, -0.25) is 4.98 Å². The Morgan fingerprint density at radius 1 is 0.767 bits per heavy atom. The molecule has 30 heavy (non-hydrogen) atoms. The fourth-order valence-corrected chi connectivity index (χ4v) is 4.55. The van der Waals surface area contributed by atoms with Gasteiger partial charge in [0.1, 0.15) is 10.3 Å². The van der Waals surface area contributed by atoms with Gasteiger partial charge >= 0.3 is 0 Å². The normalized spacial score (nSPS) is 14.4. The highest BCUT2D eigenvalue weighted by Crippen LogP contribution is 2.31. The Kier molecular flexibility index (Phi) is 9.61. The molecule has 1 aromatic carbocycles. The Balaban J connectivity index is 1.37. The van der Waals surface area contributed by atoms with Crippen molar-refractivity contribution in [1.82, 2.24) is 14.8 Å². The molecule has 3 nitrogen and oxygen atoms in total. The molecule has 0 saturated carbocycles. The van der Waals surface area contributed by atoms with Crippen LogP contribution in [0.25, 0.3) is 10.9 Å². The van der Waals surface area contributed by atoms with Crippen molar-refractivity contribution in [2.45, 2.75) is 77.7 Å². The van der Waals surface area contributed by atoms with E-state index in [1.165, 1.54) is 57.8 Å². The summed E-state index contributed by atoms with van der Waals surface area (Å²) in [6.07, 6.45) is 13.4. The molecule has 0 amide bonds. The number of aromatic nitrogens is 1. The highest BCUT2D eigenvalue weighted by molar-refractivity contribution is 6.38. The van der Waals surface area contributed by atoms with Crippen LogP contribution in [0.4, 0.5) is 0 Å². The van der Waals surface area contributed by atoms with Crippen molar-refractivity contribution in [3.05, 3.63) is 52.4 Å². The van der Waals surface area contributed by atoms with Gasteiger partial charge in [0.2, 0.25) is 0 Å². The second-order valence-electron chi connectivity index (χ2n) is 8.36. The minimum absolute atomic E-state index is 0.638. The zero-order valence-electron chi connectivity index (χ0n) is 18.3. The monoisotopic (exact) mass is 447 g/mol. The Labute approximate surface area is 192 Å². The number of para-hydroxylation sites is 1. The van der Waals surface area contributed by atoms with Crippen molar-refractivity contribution >= 4 is 34.1 Å². The summed E-state index contributed by atoms with van der Waals surface area (Å²) in [6.45, 7) is 4.65. The van der Waals surface area contributed by atoms with E-state index < -0.39 is 0 Å². The van der Waals surface area contributed by atoms with Crippen LogP contribution in [0.15, 0.2) is 46.7 Å². The first kappa shape index (κ1) is 23.2. The first-order chi connectivity index (χ1) is 14.7. The lowest BCUT2D eigenvalue weighted by atomic mass is 10.1. The fraction of sp³-hybridized carbons (Fsp3) is 0.560. The maximum Gasteiger partial charge on any atom is 0.142 e. The number of unbranched alkanes of at least 4 members (excludes halogenated alkanes) is 9. The number of rotatable bonds is 13. The third kappa shape index (κ3) is 6.78. The number of nitrogens with zero attached hydrogens (tertiary/aromatic N) is 3. The molecular formula is C25H35Cl2N3. The van der Waals surface area contributed by atoms with E-state index in [1.54, 1.807) is 0 Å². The van der Waals surface area contributed by atoms with E-state index in [1.807, 2.05) is 18.2 Å². The van der Waals surface area contributed by atoms with Crippen LogP contribution in [0, 0.1) is 0 Å². The minimum atomic E-state index is 0.638. The maximum absolute atomic E-state index is 6.53. The first-order valence-electron chi connectivity index (χ1n) is 11.6. The third-order valence-electron chi connectivity index (χ3n) is 5.86. The molecular weight excluding hydrogens is 413 g/mol. The predicted molar refractivity (Wildman–Crippen MR) is 129 cm³/mol. The van der Waals surface area contributed by atoms with Gasteiger partial charge in [0, 0.05) is 11.9 Å². The van der Waals surface area contributed by atoms with E-state index in [0.717, 1.165) is 36.2 Å². The fourth-order valence-electron chi connectivity index (χ4n) is 4.06. The van der Waals surface area contributed by atoms with Gasteiger partial charge in [-0.25, -0.2) is 0 Å². The Bertz CT molecular complexity index is 821. The van der Waals surface area contributed by atoms with Gasteiger partial charge in [0.15, 0.2) is 0 Å². The third-order valence-corrected chi connectivity index (χ3v) is 6.79. The van der Waals surface area contributed by atoms with Gasteiger partial charge in [0.05, 0.1) is 24.4 Å². The largest absolute Gasteiger partial charge is 0.342 e. The van der Waals surface area contributed by atoms with Crippen molar-refractivity contribution < 1.29 is 0 Å². The van der Waals surface area contributed by atoms with Crippen molar-refractivity contribution in [3.63, 3.8) is 0 Å². The van der Waals surface area contributed by atoms with Crippen LogP contribution in [0.3, 0.4) is 0 Å². The summed E-state index contributed by atoms with van der Waals surface area (Å²) in [5.74, 6) is 0. The van der Waals surface area contributed by atoms with Crippen LogP contribution in [0.1, 0.15) is 76.8 Å². The van der Waals surface area contributed by atoms with Crippen LogP contribution in [-0.2, 0) is 6.54 Å². The molecule has 2 aromatic rings. The molecule has 1 aliphatic heterocycles. The van der Waals surface area contributed by atoms with Crippen molar-refractivity contribution in [2.75, 3.05) is 13.2 Å². The molecule has 3 rings (SSSR count). The van der Waals surface area contributed by atoms with Gasteiger partial charge < -0.3 is 9.80 Å². The quantitative estimate of drug-likeness (QED) is 0.230. The van der Waals surface area contributed by atoms with Crippen molar-refractivity contribution in [1.29, 1.82) is 0 Å². The highest BCUT2D eigenvalue weighted by atomic mass is 35.5. The van der Waals surface area contributed by atoms with E-state index >= 15 is 0 Å². The summed E-state index contributed by atoms with van der Waals surface area (Å²) in [7, 11) is 0. The van der Waals surface area contributed by atoms with E-state index in [9.17, 15) is 0 Å². The van der Waals surface area contributed by atoms with Crippen molar-refractivity contribution in [3.8, 4) is 0 Å². The summed E-state index contributed by atoms with van der Waals surface area (Å²) in [5.41, 5.74) is 2.03. The van der Waals surface area contributed by atoms with Crippen LogP contribution in [0.5, 0.6) is 0 Å². The second-order valence-corrected chi connectivity index (χ2v) is 9.08. The molecule has 0 spiro atoms. The smallest absolute Gasteiger partial charge is 0.142 e. The molecule has 0 fully saturated rings. The Morgan fingerprint density at radius 3 is 2.13 bits per heavy atom. The SMILES string of the molecule is CCCCCCCCCCCCN1CN(Cc2ccc3ccccc3n2)C(Cl)=C1Cl. The molecule has 0 N–H and O–H groups in total. The van der Waals surface area contributed by atoms with Gasteiger partial charge in [0.25, 0.3) is 0 Å². The average molecular weight is 448 g/mol. The van der Waals surface area contributed by atoms with Crippen LogP contribution < -0.4 is 0 Å².